The van der Waals surface area contributed by atoms with Crippen LogP contribution in [0.1, 0.15) is 5.82 Å². The van der Waals surface area contributed by atoms with Gasteiger partial charge in [-0.1, -0.05) is 30.3 Å². The topological polar surface area (TPSA) is 49.0 Å². The molecule has 26 heavy (non-hydrogen) atoms. The number of nitrogens with zero attached hydrogens (tertiary/aromatic N) is 2. The molecule has 0 aliphatic carbocycles. The summed E-state index contributed by atoms with van der Waals surface area (Å²) < 4.78 is 13.2. The fourth-order valence-electron chi connectivity index (χ4n) is 2.91. The van der Waals surface area contributed by atoms with Gasteiger partial charge in [-0.15, -0.1) is 11.3 Å². The van der Waals surface area contributed by atoms with Crippen molar-refractivity contribution in [1.82, 2.24) is 9.97 Å². The molecule has 0 aliphatic rings. The van der Waals surface area contributed by atoms with Gasteiger partial charge in [0.15, 0.2) is 0 Å². The van der Waals surface area contributed by atoms with E-state index >= 15 is 0 Å². The SMILES string of the molecule is CN(Cc1nc2scc(-c3ccc(F)cc3)c2c(=O)[nH]1)c1ccccc1. The lowest BCUT2D eigenvalue weighted by Crippen LogP contribution is -2.21. The number of aromatic amines is 1. The maximum absolute atomic E-state index is 13.2. The summed E-state index contributed by atoms with van der Waals surface area (Å²) in [5, 5.41) is 2.44. The lowest BCUT2D eigenvalue weighted by molar-refractivity contribution is 0.628. The Morgan fingerprint density at radius 2 is 1.85 bits per heavy atom. The molecule has 0 saturated carbocycles. The van der Waals surface area contributed by atoms with Crippen molar-refractivity contribution in [2.75, 3.05) is 11.9 Å². The van der Waals surface area contributed by atoms with Gasteiger partial charge in [-0.25, -0.2) is 9.37 Å². The lowest BCUT2D eigenvalue weighted by Gasteiger charge is -2.18. The molecule has 0 radical (unpaired) electrons. The second-order valence-electron chi connectivity index (χ2n) is 6.04. The van der Waals surface area contributed by atoms with E-state index in [1.165, 1.54) is 23.5 Å². The molecule has 0 aliphatic heterocycles. The first-order valence-electron chi connectivity index (χ1n) is 8.14. The van der Waals surface area contributed by atoms with Gasteiger partial charge in [0.2, 0.25) is 0 Å². The van der Waals surface area contributed by atoms with Crippen molar-refractivity contribution in [2.45, 2.75) is 6.54 Å². The Bertz CT molecular complexity index is 1100. The van der Waals surface area contributed by atoms with Gasteiger partial charge in [-0.2, -0.15) is 0 Å². The van der Waals surface area contributed by atoms with Crippen molar-refractivity contribution in [3.05, 3.63) is 82.0 Å². The van der Waals surface area contributed by atoms with E-state index < -0.39 is 0 Å². The van der Waals surface area contributed by atoms with Crippen LogP contribution < -0.4 is 10.5 Å². The van der Waals surface area contributed by atoms with Crippen LogP contribution in [0.5, 0.6) is 0 Å². The fourth-order valence-corrected chi connectivity index (χ4v) is 3.88. The number of anilines is 1. The van der Waals surface area contributed by atoms with Gasteiger partial charge >= 0.3 is 0 Å². The number of hydrogen-bond acceptors (Lipinski definition) is 4. The highest BCUT2D eigenvalue weighted by Crippen LogP contribution is 2.30. The third-order valence-corrected chi connectivity index (χ3v) is 5.10. The first kappa shape index (κ1) is 16.5. The second-order valence-corrected chi connectivity index (χ2v) is 6.90. The molecule has 6 heteroatoms. The summed E-state index contributed by atoms with van der Waals surface area (Å²) in [5.41, 5.74) is 2.46. The van der Waals surface area contributed by atoms with Crippen LogP contribution in [0.3, 0.4) is 0 Å². The Balaban J connectivity index is 1.70. The van der Waals surface area contributed by atoms with Crippen molar-refractivity contribution >= 4 is 27.2 Å². The highest BCUT2D eigenvalue weighted by Gasteiger charge is 2.14. The van der Waals surface area contributed by atoms with Crippen LogP contribution in [0.2, 0.25) is 0 Å². The van der Waals surface area contributed by atoms with Gasteiger partial charge in [-0.3, -0.25) is 4.79 Å². The number of benzene rings is 2. The van der Waals surface area contributed by atoms with E-state index in [2.05, 4.69) is 9.97 Å². The minimum Gasteiger partial charge on any atom is -0.367 e. The van der Waals surface area contributed by atoms with Gasteiger partial charge in [0, 0.05) is 23.7 Å². The van der Waals surface area contributed by atoms with E-state index in [9.17, 15) is 9.18 Å². The van der Waals surface area contributed by atoms with Crippen molar-refractivity contribution in [3.8, 4) is 11.1 Å². The molecule has 0 fully saturated rings. The van der Waals surface area contributed by atoms with Gasteiger partial charge in [0.05, 0.1) is 11.9 Å². The molecule has 130 valence electrons. The van der Waals surface area contributed by atoms with E-state index in [0.717, 1.165) is 16.8 Å². The van der Waals surface area contributed by atoms with Gasteiger partial charge in [0.25, 0.3) is 5.56 Å². The maximum atomic E-state index is 13.2. The van der Waals surface area contributed by atoms with Crippen LogP contribution >= 0.6 is 11.3 Å². The van der Waals surface area contributed by atoms with Crippen LogP contribution in [0.15, 0.2) is 64.8 Å². The number of nitrogens with one attached hydrogen (secondary N) is 1. The maximum Gasteiger partial charge on any atom is 0.260 e. The van der Waals surface area contributed by atoms with E-state index in [1.54, 1.807) is 12.1 Å². The van der Waals surface area contributed by atoms with Crippen LogP contribution in [0.25, 0.3) is 21.3 Å². The molecular formula is C20H16FN3OS. The molecule has 2 aromatic heterocycles. The number of rotatable bonds is 4. The lowest BCUT2D eigenvalue weighted by atomic mass is 10.1. The van der Waals surface area contributed by atoms with E-state index in [4.69, 9.17) is 0 Å². The molecular weight excluding hydrogens is 349 g/mol. The molecule has 4 aromatic rings. The van der Waals surface area contributed by atoms with E-state index in [0.29, 0.717) is 22.6 Å². The largest absolute Gasteiger partial charge is 0.367 e. The number of H-pyrrole nitrogens is 1. The summed E-state index contributed by atoms with van der Waals surface area (Å²) in [5.74, 6) is 0.313. The molecule has 0 bridgehead atoms. The minimum atomic E-state index is -0.299. The van der Waals surface area contributed by atoms with Crippen molar-refractivity contribution in [1.29, 1.82) is 0 Å². The summed E-state index contributed by atoms with van der Waals surface area (Å²) in [6, 6.07) is 16.1. The zero-order chi connectivity index (χ0) is 18.1. The molecule has 2 heterocycles. The van der Waals surface area contributed by atoms with Crippen molar-refractivity contribution in [3.63, 3.8) is 0 Å². The predicted octanol–water partition coefficient (Wildman–Crippen LogP) is 4.43. The average Bonchev–Trinajstić information content (AvgIpc) is 3.07. The smallest absolute Gasteiger partial charge is 0.260 e. The molecule has 4 nitrogen and oxygen atoms in total. The van der Waals surface area contributed by atoms with Crippen molar-refractivity contribution < 1.29 is 4.39 Å². The molecule has 0 unspecified atom stereocenters. The molecule has 0 amide bonds. The normalized spacial score (nSPS) is 11.0. The number of halogens is 1. The average molecular weight is 365 g/mol. The molecule has 2 aromatic carbocycles. The second kappa shape index (κ2) is 6.72. The highest BCUT2D eigenvalue weighted by atomic mass is 32.1. The summed E-state index contributed by atoms with van der Waals surface area (Å²) in [7, 11) is 1.96. The molecule has 0 atom stereocenters. The standard InChI is InChI=1S/C20H16FN3OS/c1-24(15-5-3-2-4-6-15)11-17-22-19(25)18-16(12-26-20(18)23-17)13-7-9-14(21)10-8-13/h2-10,12H,11H2,1H3,(H,22,23,25). The van der Waals surface area contributed by atoms with E-state index in [-0.39, 0.29) is 11.4 Å². The molecule has 0 spiro atoms. The first-order valence-corrected chi connectivity index (χ1v) is 9.02. The Morgan fingerprint density at radius 3 is 2.58 bits per heavy atom. The molecule has 4 rings (SSSR count). The summed E-state index contributed by atoms with van der Waals surface area (Å²) >= 11 is 1.42. The van der Waals surface area contributed by atoms with E-state index in [1.807, 2.05) is 47.7 Å². The highest BCUT2D eigenvalue weighted by molar-refractivity contribution is 7.17. The predicted molar refractivity (Wildman–Crippen MR) is 104 cm³/mol. The third kappa shape index (κ3) is 3.11. The fraction of sp³-hybridized carbons (Fsp3) is 0.100. The van der Waals surface area contributed by atoms with Crippen LogP contribution in [-0.4, -0.2) is 17.0 Å². The Kier molecular flexibility index (Phi) is 4.26. The number of hydrogen-bond donors (Lipinski definition) is 1. The van der Waals surface area contributed by atoms with Gasteiger partial charge in [-0.05, 0) is 29.8 Å². The van der Waals surface area contributed by atoms with Gasteiger partial charge < -0.3 is 9.88 Å². The number of aromatic nitrogens is 2. The Morgan fingerprint density at radius 1 is 1.12 bits per heavy atom. The first-order chi connectivity index (χ1) is 12.6. The zero-order valence-corrected chi connectivity index (χ0v) is 14.9. The number of fused-ring (bicyclic) bond motifs is 1. The number of thiophene rings is 1. The molecule has 0 saturated heterocycles. The quantitative estimate of drug-likeness (QED) is 0.582. The Labute approximate surface area is 153 Å². The number of para-hydroxylation sites is 1. The summed E-state index contributed by atoms with van der Waals surface area (Å²) in [6.45, 7) is 0.499. The zero-order valence-electron chi connectivity index (χ0n) is 14.1. The summed E-state index contributed by atoms with van der Waals surface area (Å²) in [6.07, 6.45) is 0. The Hall–Kier alpha value is -2.99. The minimum absolute atomic E-state index is 0.174. The van der Waals surface area contributed by atoms with Crippen LogP contribution in [0.4, 0.5) is 10.1 Å². The molecule has 1 N–H and O–H groups in total. The van der Waals surface area contributed by atoms with Crippen LogP contribution in [-0.2, 0) is 6.54 Å². The summed E-state index contributed by atoms with van der Waals surface area (Å²) in [4.78, 5) is 22.9. The van der Waals surface area contributed by atoms with Crippen molar-refractivity contribution in [2.24, 2.45) is 0 Å². The van der Waals surface area contributed by atoms with Crippen LogP contribution in [0, 0.1) is 5.82 Å². The monoisotopic (exact) mass is 365 g/mol. The van der Waals surface area contributed by atoms with Gasteiger partial charge in [0.1, 0.15) is 16.5 Å². The third-order valence-electron chi connectivity index (χ3n) is 4.23.